The van der Waals surface area contributed by atoms with E-state index in [0.29, 0.717) is 12.0 Å². The molecular formula is C16H22N2S. The molecule has 0 aliphatic heterocycles. The Bertz CT molecular complexity index is 490. The Morgan fingerprint density at radius 2 is 1.95 bits per heavy atom. The van der Waals surface area contributed by atoms with Crippen LogP contribution in [0.4, 0.5) is 0 Å². The van der Waals surface area contributed by atoms with Gasteiger partial charge in [-0.1, -0.05) is 44.2 Å². The monoisotopic (exact) mass is 274 g/mol. The van der Waals surface area contributed by atoms with Gasteiger partial charge in [0.15, 0.2) is 0 Å². The molecule has 1 aromatic carbocycles. The summed E-state index contributed by atoms with van der Waals surface area (Å²) in [4.78, 5) is 4.59. The lowest BCUT2D eigenvalue weighted by Gasteiger charge is -2.19. The zero-order valence-electron chi connectivity index (χ0n) is 11.9. The molecule has 1 unspecified atom stereocenters. The fourth-order valence-corrected chi connectivity index (χ4v) is 2.79. The highest BCUT2D eigenvalue weighted by molar-refractivity contribution is 7.09. The largest absolute Gasteiger partial charge is 0.314 e. The van der Waals surface area contributed by atoms with Gasteiger partial charge in [0, 0.05) is 23.9 Å². The number of nitrogens with zero attached hydrogens (tertiary/aromatic N) is 1. The first-order valence-electron chi connectivity index (χ1n) is 6.84. The minimum absolute atomic E-state index is 0.491. The van der Waals surface area contributed by atoms with E-state index < -0.39 is 0 Å². The number of hydrogen-bond acceptors (Lipinski definition) is 3. The van der Waals surface area contributed by atoms with Crippen molar-refractivity contribution in [2.75, 3.05) is 6.54 Å². The van der Waals surface area contributed by atoms with Crippen molar-refractivity contribution in [1.82, 2.24) is 10.3 Å². The van der Waals surface area contributed by atoms with Crippen molar-refractivity contribution in [2.24, 2.45) is 0 Å². The molecule has 3 heteroatoms. The highest BCUT2D eigenvalue weighted by atomic mass is 32.1. The van der Waals surface area contributed by atoms with Crippen LogP contribution in [0, 0.1) is 6.92 Å². The van der Waals surface area contributed by atoms with Crippen molar-refractivity contribution in [3.05, 3.63) is 52.0 Å². The zero-order chi connectivity index (χ0) is 13.7. The summed E-state index contributed by atoms with van der Waals surface area (Å²) in [6.45, 7) is 7.44. The van der Waals surface area contributed by atoms with Crippen molar-refractivity contribution in [3.8, 4) is 0 Å². The van der Waals surface area contributed by atoms with E-state index in [0.717, 1.165) is 18.0 Å². The molecule has 0 amide bonds. The predicted octanol–water partition coefficient (Wildman–Crippen LogP) is 3.78. The molecule has 0 saturated heterocycles. The Kier molecular flexibility index (Phi) is 5.11. The van der Waals surface area contributed by atoms with Crippen LogP contribution in [0.25, 0.3) is 0 Å². The van der Waals surface area contributed by atoms with Crippen LogP contribution in [-0.2, 0) is 6.42 Å². The van der Waals surface area contributed by atoms with Gasteiger partial charge < -0.3 is 5.32 Å². The second kappa shape index (κ2) is 6.83. The van der Waals surface area contributed by atoms with Crippen LogP contribution in [-0.4, -0.2) is 17.6 Å². The van der Waals surface area contributed by atoms with Gasteiger partial charge >= 0.3 is 0 Å². The lowest BCUT2D eigenvalue weighted by atomic mass is 9.94. The number of aromatic nitrogens is 1. The highest BCUT2D eigenvalue weighted by Crippen LogP contribution is 2.21. The summed E-state index contributed by atoms with van der Waals surface area (Å²) < 4.78 is 0. The van der Waals surface area contributed by atoms with Crippen LogP contribution in [0.3, 0.4) is 0 Å². The molecule has 1 atom stereocenters. The average molecular weight is 274 g/mol. The minimum atomic E-state index is 0.491. The number of nitrogens with one attached hydrogen (secondary N) is 1. The van der Waals surface area contributed by atoms with Crippen LogP contribution in [0.1, 0.15) is 36.0 Å². The van der Waals surface area contributed by atoms with E-state index in [-0.39, 0.29) is 0 Å². The predicted molar refractivity (Wildman–Crippen MR) is 82.9 cm³/mol. The summed E-state index contributed by atoms with van der Waals surface area (Å²) in [5.74, 6) is 0.491. The number of rotatable bonds is 6. The number of aryl methyl sites for hydroxylation is 1. The van der Waals surface area contributed by atoms with Crippen molar-refractivity contribution < 1.29 is 0 Å². The Morgan fingerprint density at radius 1 is 1.21 bits per heavy atom. The second-order valence-corrected chi connectivity index (χ2v) is 6.29. The Morgan fingerprint density at radius 3 is 2.53 bits per heavy atom. The maximum atomic E-state index is 4.59. The van der Waals surface area contributed by atoms with Crippen LogP contribution in [0.2, 0.25) is 0 Å². The molecule has 1 aromatic heterocycles. The van der Waals surface area contributed by atoms with Crippen molar-refractivity contribution in [3.63, 3.8) is 0 Å². The first-order valence-corrected chi connectivity index (χ1v) is 7.72. The normalized spacial score (nSPS) is 12.8. The number of thiazole rings is 1. The Hall–Kier alpha value is -1.19. The minimum Gasteiger partial charge on any atom is -0.314 e. The molecule has 102 valence electrons. The van der Waals surface area contributed by atoms with E-state index in [1.54, 1.807) is 11.3 Å². The molecule has 1 heterocycles. The SMILES string of the molecule is Cc1nc(CC(CNC(C)C)c2ccccc2)cs1. The molecule has 0 bridgehead atoms. The lowest BCUT2D eigenvalue weighted by Crippen LogP contribution is -2.29. The van der Waals surface area contributed by atoms with Crippen LogP contribution in [0.15, 0.2) is 35.7 Å². The van der Waals surface area contributed by atoms with E-state index in [4.69, 9.17) is 0 Å². The van der Waals surface area contributed by atoms with E-state index >= 15 is 0 Å². The van der Waals surface area contributed by atoms with Crippen molar-refractivity contribution in [2.45, 2.75) is 39.2 Å². The summed E-state index contributed by atoms with van der Waals surface area (Å²) in [5, 5.41) is 6.88. The summed E-state index contributed by atoms with van der Waals surface area (Å²) in [6.07, 6.45) is 1.01. The van der Waals surface area contributed by atoms with Crippen LogP contribution in [0.5, 0.6) is 0 Å². The molecule has 1 N–H and O–H groups in total. The fourth-order valence-electron chi connectivity index (χ4n) is 2.17. The second-order valence-electron chi connectivity index (χ2n) is 5.23. The molecule has 0 radical (unpaired) electrons. The van der Waals surface area contributed by atoms with Crippen molar-refractivity contribution in [1.29, 1.82) is 0 Å². The van der Waals surface area contributed by atoms with Crippen LogP contribution < -0.4 is 5.32 Å². The number of benzene rings is 1. The van der Waals surface area contributed by atoms with Gasteiger partial charge in [0.2, 0.25) is 0 Å². The maximum Gasteiger partial charge on any atom is 0.0897 e. The van der Waals surface area contributed by atoms with E-state index in [2.05, 4.69) is 66.8 Å². The van der Waals surface area contributed by atoms with Crippen LogP contribution >= 0.6 is 11.3 Å². The summed E-state index contributed by atoms with van der Waals surface area (Å²) in [6, 6.07) is 11.2. The molecule has 0 aliphatic carbocycles. The molecule has 2 aromatic rings. The third-order valence-electron chi connectivity index (χ3n) is 3.17. The highest BCUT2D eigenvalue weighted by Gasteiger charge is 2.14. The van der Waals surface area contributed by atoms with Gasteiger partial charge in [-0.05, 0) is 18.9 Å². The average Bonchev–Trinajstić information content (AvgIpc) is 2.81. The van der Waals surface area contributed by atoms with E-state index in [1.807, 2.05) is 0 Å². The fraction of sp³-hybridized carbons (Fsp3) is 0.438. The van der Waals surface area contributed by atoms with Gasteiger partial charge in [0.05, 0.1) is 10.7 Å². The first kappa shape index (κ1) is 14.2. The third-order valence-corrected chi connectivity index (χ3v) is 3.99. The first-order chi connectivity index (χ1) is 9.15. The van der Waals surface area contributed by atoms with Gasteiger partial charge in [0.25, 0.3) is 0 Å². The van der Waals surface area contributed by atoms with E-state index in [1.165, 1.54) is 11.3 Å². The summed E-state index contributed by atoms with van der Waals surface area (Å²) in [7, 11) is 0. The topological polar surface area (TPSA) is 24.9 Å². The molecule has 2 nitrogen and oxygen atoms in total. The molecule has 0 aliphatic rings. The standard InChI is InChI=1S/C16H22N2S/c1-12(2)17-10-15(14-7-5-4-6-8-14)9-16-11-19-13(3)18-16/h4-8,11-12,15,17H,9-10H2,1-3H3. The molecule has 0 fully saturated rings. The van der Waals surface area contributed by atoms with Gasteiger partial charge in [0.1, 0.15) is 0 Å². The van der Waals surface area contributed by atoms with Crippen molar-refractivity contribution >= 4 is 11.3 Å². The Labute approximate surface area is 119 Å². The van der Waals surface area contributed by atoms with Gasteiger partial charge in [-0.2, -0.15) is 0 Å². The smallest absolute Gasteiger partial charge is 0.0897 e. The molecule has 0 saturated carbocycles. The van der Waals surface area contributed by atoms with E-state index in [9.17, 15) is 0 Å². The lowest BCUT2D eigenvalue weighted by molar-refractivity contribution is 0.524. The molecule has 0 spiro atoms. The van der Waals surface area contributed by atoms with Gasteiger partial charge in [-0.25, -0.2) is 4.98 Å². The molecular weight excluding hydrogens is 252 g/mol. The van der Waals surface area contributed by atoms with Gasteiger partial charge in [-0.15, -0.1) is 11.3 Å². The Balaban J connectivity index is 2.10. The third kappa shape index (κ3) is 4.44. The molecule has 19 heavy (non-hydrogen) atoms. The number of hydrogen-bond donors (Lipinski definition) is 1. The zero-order valence-corrected chi connectivity index (χ0v) is 12.7. The maximum absolute atomic E-state index is 4.59. The molecule has 2 rings (SSSR count). The van der Waals surface area contributed by atoms with Gasteiger partial charge in [-0.3, -0.25) is 0 Å². The quantitative estimate of drug-likeness (QED) is 0.867. The summed E-state index contributed by atoms with van der Waals surface area (Å²) in [5.41, 5.74) is 2.60. The summed E-state index contributed by atoms with van der Waals surface area (Å²) >= 11 is 1.73.